The highest BCUT2D eigenvalue weighted by Crippen LogP contribution is 2.36. The molecule has 0 radical (unpaired) electrons. The Balaban J connectivity index is 2.38. The molecule has 0 aromatic rings. The number of hydrogen-bond donors (Lipinski definition) is 4. The van der Waals surface area contributed by atoms with Crippen LogP contribution in [-0.2, 0) is 9.59 Å². The van der Waals surface area contributed by atoms with Crippen molar-refractivity contribution in [3.63, 3.8) is 0 Å². The Bertz CT molecular complexity index is 287. The van der Waals surface area contributed by atoms with Gasteiger partial charge in [0.2, 0.25) is 5.91 Å². The lowest BCUT2D eigenvalue weighted by molar-refractivity contribution is -0.139. The molecule has 0 saturated heterocycles. The van der Waals surface area contributed by atoms with Gasteiger partial charge in [0, 0.05) is 12.0 Å². The fraction of sp³-hybridized carbons (Fsp3) is 0.818. The van der Waals surface area contributed by atoms with Crippen molar-refractivity contribution < 1.29 is 19.8 Å². The van der Waals surface area contributed by atoms with Gasteiger partial charge >= 0.3 is 5.97 Å². The first-order valence-corrected chi connectivity index (χ1v) is 5.85. The first-order chi connectivity index (χ1) is 7.99. The summed E-state index contributed by atoms with van der Waals surface area (Å²) in [4.78, 5) is 21.9. The summed E-state index contributed by atoms with van der Waals surface area (Å²) in [5.74, 6) is -1.56. The van der Waals surface area contributed by atoms with Crippen molar-refractivity contribution in [2.24, 2.45) is 11.1 Å². The molecule has 0 heterocycles. The van der Waals surface area contributed by atoms with Crippen LogP contribution in [0.4, 0.5) is 0 Å². The third kappa shape index (κ3) is 3.98. The van der Waals surface area contributed by atoms with E-state index in [4.69, 9.17) is 10.8 Å². The lowest BCUT2D eigenvalue weighted by Crippen LogP contribution is -2.46. The zero-order chi connectivity index (χ0) is 12.9. The maximum absolute atomic E-state index is 11.5. The second kappa shape index (κ2) is 5.97. The lowest BCUT2D eigenvalue weighted by atomic mass is 9.87. The zero-order valence-corrected chi connectivity index (χ0v) is 9.82. The minimum absolute atomic E-state index is 0.0431. The molecule has 0 aromatic carbocycles. The maximum atomic E-state index is 11.5. The molecule has 0 aromatic heterocycles. The summed E-state index contributed by atoms with van der Waals surface area (Å²) in [6.45, 7) is 0.414. The molecule has 1 atom stereocenters. The molecule has 5 N–H and O–H groups in total. The van der Waals surface area contributed by atoms with Gasteiger partial charge < -0.3 is 21.3 Å². The fourth-order valence-corrected chi connectivity index (χ4v) is 2.20. The van der Waals surface area contributed by atoms with E-state index in [0.29, 0.717) is 6.54 Å². The van der Waals surface area contributed by atoms with E-state index in [9.17, 15) is 14.7 Å². The summed E-state index contributed by atoms with van der Waals surface area (Å²) in [5.41, 5.74) is 5.19. The van der Waals surface area contributed by atoms with Crippen LogP contribution in [-0.4, -0.2) is 41.3 Å². The topological polar surface area (TPSA) is 113 Å². The van der Waals surface area contributed by atoms with Crippen molar-refractivity contribution in [1.82, 2.24) is 5.32 Å². The van der Waals surface area contributed by atoms with E-state index < -0.39 is 17.9 Å². The normalized spacial score (nSPS) is 19.9. The molecule has 17 heavy (non-hydrogen) atoms. The predicted octanol–water partition coefficient (Wildman–Crippen LogP) is -0.543. The van der Waals surface area contributed by atoms with Gasteiger partial charge in [0.05, 0.1) is 19.1 Å². The van der Waals surface area contributed by atoms with Crippen LogP contribution in [0.3, 0.4) is 0 Å². The molecule has 1 unspecified atom stereocenters. The quantitative estimate of drug-likeness (QED) is 0.501. The number of nitrogens with two attached hydrogens (primary N) is 1. The first kappa shape index (κ1) is 13.9. The van der Waals surface area contributed by atoms with Crippen molar-refractivity contribution in [2.45, 2.75) is 38.1 Å². The molecule has 1 rings (SSSR count). The lowest BCUT2D eigenvalue weighted by Gasteiger charge is -2.27. The van der Waals surface area contributed by atoms with E-state index in [0.717, 1.165) is 25.7 Å². The minimum atomic E-state index is -1.09. The van der Waals surface area contributed by atoms with Crippen molar-refractivity contribution >= 4 is 11.9 Å². The second-order valence-electron chi connectivity index (χ2n) is 4.79. The van der Waals surface area contributed by atoms with Crippen molar-refractivity contribution in [2.75, 3.05) is 13.2 Å². The van der Waals surface area contributed by atoms with Crippen LogP contribution < -0.4 is 11.1 Å². The average molecular weight is 244 g/mol. The van der Waals surface area contributed by atoms with Crippen molar-refractivity contribution in [1.29, 1.82) is 0 Å². The number of aliphatic hydroxyl groups excluding tert-OH is 1. The Kier molecular flexibility index (Phi) is 4.89. The summed E-state index contributed by atoms with van der Waals surface area (Å²) in [6.07, 6.45) is 3.50. The SMILES string of the molecule is NC(CC(=O)O)C(=O)NCC1(CO)CCCC1. The average Bonchev–Trinajstić information content (AvgIpc) is 2.74. The molecule has 1 aliphatic carbocycles. The second-order valence-corrected chi connectivity index (χ2v) is 4.79. The number of carbonyl (C=O) groups is 2. The fourth-order valence-electron chi connectivity index (χ4n) is 2.20. The van der Waals surface area contributed by atoms with Gasteiger partial charge in [-0.25, -0.2) is 0 Å². The molecule has 98 valence electrons. The first-order valence-electron chi connectivity index (χ1n) is 5.85. The Morgan fingerprint density at radius 1 is 1.35 bits per heavy atom. The van der Waals surface area contributed by atoms with Crippen LogP contribution in [0.5, 0.6) is 0 Å². The number of aliphatic carboxylic acids is 1. The van der Waals surface area contributed by atoms with Crippen LogP contribution in [0.2, 0.25) is 0 Å². The highest BCUT2D eigenvalue weighted by Gasteiger charge is 2.33. The van der Waals surface area contributed by atoms with E-state index in [1.807, 2.05) is 0 Å². The summed E-state index contributed by atoms with van der Waals surface area (Å²) in [5, 5.41) is 20.5. The van der Waals surface area contributed by atoms with Crippen LogP contribution in [0.1, 0.15) is 32.1 Å². The Morgan fingerprint density at radius 3 is 2.41 bits per heavy atom. The third-order valence-corrected chi connectivity index (χ3v) is 3.37. The summed E-state index contributed by atoms with van der Waals surface area (Å²) in [7, 11) is 0. The van der Waals surface area contributed by atoms with E-state index in [2.05, 4.69) is 5.32 Å². The molecule has 6 heteroatoms. The largest absolute Gasteiger partial charge is 0.481 e. The molecule has 0 spiro atoms. The Morgan fingerprint density at radius 2 is 1.94 bits per heavy atom. The number of carbonyl (C=O) groups excluding carboxylic acids is 1. The smallest absolute Gasteiger partial charge is 0.305 e. The number of nitrogens with one attached hydrogen (secondary N) is 1. The number of amides is 1. The van der Waals surface area contributed by atoms with Gasteiger partial charge in [-0.1, -0.05) is 12.8 Å². The van der Waals surface area contributed by atoms with Crippen LogP contribution in [0.15, 0.2) is 0 Å². The standard InChI is InChI=1S/C11H20N2O4/c12-8(5-9(15)16)10(17)13-6-11(7-14)3-1-2-4-11/h8,14H,1-7,12H2,(H,13,17)(H,15,16). The molecule has 1 aliphatic rings. The highest BCUT2D eigenvalue weighted by molar-refractivity contribution is 5.85. The van der Waals surface area contributed by atoms with Gasteiger partial charge in [-0.15, -0.1) is 0 Å². The molecule has 0 aliphatic heterocycles. The maximum Gasteiger partial charge on any atom is 0.305 e. The summed E-state index contributed by atoms with van der Waals surface area (Å²) in [6, 6.07) is -1.02. The number of hydrogen-bond acceptors (Lipinski definition) is 4. The Hall–Kier alpha value is -1.14. The molecule has 0 bridgehead atoms. The van der Waals surface area contributed by atoms with Gasteiger partial charge in [-0.2, -0.15) is 0 Å². The zero-order valence-electron chi connectivity index (χ0n) is 9.82. The predicted molar refractivity (Wildman–Crippen MR) is 61.2 cm³/mol. The molecule has 1 amide bonds. The monoisotopic (exact) mass is 244 g/mol. The third-order valence-electron chi connectivity index (χ3n) is 3.37. The summed E-state index contributed by atoms with van der Waals surface area (Å²) < 4.78 is 0. The van der Waals surface area contributed by atoms with Gasteiger partial charge in [0.25, 0.3) is 0 Å². The number of rotatable bonds is 6. The minimum Gasteiger partial charge on any atom is -0.481 e. The summed E-state index contributed by atoms with van der Waals surface area (Å²) >= 11 is 0. The molecule has 1 saturated carbocycles. The van der Waals surface area contributed by atoms with Crippen LogP contribution in [0, 0.1) is 5.41 Å². The van der Waals surface area contributed by atoms with Crippen LogP contribution in [0.25, 0.3) is 0 Å². The van der Waals surface area contributed by atoms with Gasteiger partial charge in [0.1, 0.15) is 0 Å². The van der Waals surface area contributed by atoms with Crippen molar-refractivity contribution in [3.8, 4) is 0 Å². The Labute approximate surface area is 100 Å². The number of aliphatic hydroxyl groups is 1. The van der Waals surface area contributed by atoms with Gasteiger partial charge in [0.15, 0.2) is 0 Å². The molecular formula is C11H20N2O4. The van der Waals surface area contributed by atoms with Gasteiger partial charge in [-0.05, 0) is 12.8 Å². The van der Waals surface area contributed by atoms with E-state index >= 15 is 0 Å². The van der Waals surface area contributed by atoms with Crippen molar-refractivity contribution in [3.05, 3.63) is 0 Å². The molecule has 1 fully saturated rings. The molecule has 6 nitrogen and oxygen atoms in total. The van der Waals surface area contributed by atoms with E-state index in [-0.39, 0.29) is 18.4 Å². The molecular weight excluding hydrogens is 224 g/mol. The van der Waals surface area contributed by atoms with Gasteiger partial charge in [-0.3, -0.25) is 9.59 Å². The van der Waals surface area contributed by atoms with E-state index in [1.165, 1.54) is 0 Å². The van der Waals surface area contributed by atoms with Crippen LogP contribution >= 0.6 is 0 Å². The highest BCUT2D eigenvalue weighted by atomic mass is 16.4. The number of carboxylic acid groups (broad SMARTS) is 1. The number of carboxylic acids is 1. The van der Waals surface area contributed by atoms with E-state index in [1.54, 1.807) is 0 Å².